The Bertz CT molecular complexity index is 819. The maximum Gasteiger partial charge on any atom is 0.303 e. The van der Waals surface area contributed by atoms with E-state index in [2.05, 4.69) is 15.4 Å². The Hall–Kier alpha value is -2.64. The first kappa shape index (κ1) is 16.7. The lowest BCUT2D eigenvalue weighted by Gasteiger charge is -2.10. The molecule has 0 aromatic carbocycles. The predicted octanol–water partition coefficient (Wildman–Crippen LogP) is 0.402. The fourth-order valence-electron chi connectivity index (χ4n) is 2.60. The first-order valence-electron chi connectivity index (χ1n) is 7.34. The highest BCUT2D eigenvalue weighted by Gasteiger charge is 2.17. The number of H-pyrrole nitrogens is 1. The van der Waals surface area contributed by atoms with Gasteiger partial charge in [-0.15, -0.1) is 0 Å². The SMILES string of the molecule is Cc1nc2c(c(C)c1CC(=O)NCCCC(=O)O)c(=O)[nH]n2C. The molecule has 0 aliphatic heterocycles. The molecular weight excluding hydrogens is 300 g/mol. The second kappa shape index (κ2) is 6.64. The number of nitrogens with one attached hydrogen (secondary N) is 2. The van der Waals surface area contributed by atoms with E-state index in [4.69, 9.17) is 5.11 Å². The summed E-state index contributed by atoms with van der Waals surface area (Å²) in [6.45, 7) is 3.92. The van der Waals surface area contributed by atoms with Crippen molar-refractivity contribution in [1.29, 1.82) is 0 Å². The zero-order chi connectivity index (χ0) is 17.1. The number of pyridine rings is 1. The molecule has 23 heavy (non-hydrogen) atoms. The number of rotatable bonds is 6. The topological polar surface area (TPSA) is 117 Å². The molecule has 0 unspecified atom stereocenters. The molecule has 3 N–H and O–H groups in total. The zero-order valence-corrected chi connectivity index (χ0v) is 13.4. The van der Waals surface area contributed by atoms with Gasteiger partial charge in [0.1, 0.15) is 0 Å². The molecule has 0 radical (unpaired) electrons. The highest BCUT2D eigenvalue weighted by atomic mass is 16.4. The second-order valence-electron chi connectivity index (χ2n) is 5.52. The number of carboxylic acid groups (broad SMARTS) is 1. The number of aliphatic carboxylic acids is 1. The summed E-state index contributed by atoms with van der Waals surface area (Å²) in [7, 11) is 1.71. The summed E-state index contributed by atoms with van der Waals surface area (Å²) >= 11 is 0. The van der Waals surface area contributed by atoms with E-state index in [1.54, 1.807) is 25.6 Å². The minimum Gasteiger partial charge on any atom is -0.481 e. The largest absolute Gasteiger partial charge is 0.481 e. The average Bonchev–Trinajstić information content (AvgIpc) is 2.74. The smallest absolute Gasteiger partial charge is 0.303 e. The third kappa shape index (κ3) is 3.58. The molecular formula is C15H20N4O4. The lowest BCUT2D eigenvalue weighted by molar-refractivity contribution is -0.137. The van der Waals surface area contributed by atoms with E-state index in [-0.39, 0.29) is 24.3 Å². The Kier molecular flexibility index (Phi) is 4.83. The van der Waals surface area contributed by atoms with E-state index >= 15 is 0 Å². The van der Waals surface area contributed by atoms with Crippen molar-refractivity contribution < 1.29 is 14.7 Å². The fourth-order valence-corrected chi connectivity index (χ4v) is 2.60. The van der Waals surface area contributed by atoms with Crippen LogP contribution in [0.5, 0.6) is 0 Å². The van der Waals surface area contributed by atoms with Crippen molar-refractivity contribution in [2.45, 2.75) is 33.1 Å². The molecule has 8 heteroatoms. The number of carbonyl (C=O) groups is 2. The normalized spacial score (nSPS) is 10.9. The number of carbonyl (C=O) groups excluding carboxylic acids is 1. The van der Waals surface area contributed by atoms with Gasteiger partial charge in [-0.1, -0.05) is 0 Å². The fraction of sp³-hybridized carbons (Fsp3) is 0.467. The first-order chi connectivity index (χ1) is 10.8. The van der Waals surface area contributed by atoms with Gasteiger partial charge in [0.15, 0.2) is 5.65 Å². The van der Waals surface area contributed by atoms with Gasteiger partial charge in [0.2, 0.25) is 5.91 Å². The molecule has 0 saturated heterocycles. The summed E-state index contributed by atoms with van der Waals surface area (Å²) in [6.07, 6.45) is 0.516. The molecule has 8 nitrogen and oxygen atoms in total. The van der Waals surface area contributed by atoms with Gasteiger partial charge >= 0.3 is 5.97 Å². The molecule has 2 aromatic heterocycles. The van der Waals surface area contributed by atoms with Crippen LogP contribution in [-0.2, 0) is 23.1 Å². The van der Waals surface area contributed by atoms with Gasteiger partial charge in [0, 0.05) is 25.7 Å². The van der Waals surface area contributed by atoms with Gasteiger partial charge in [-0.25, -0.2) is 4.98 Å². The Labute approximate surface area is 132 Å². The number of aromatic amines is 1. The number of fused-ring (bicyclic) bond motifs is 1. The summed E-state index contributed by atoms with van der Waals surface area (Å²) in [4.78, 5) is 38.8. The molecule has 2 rings (SSSR count). The molecule has 1 amide bonds. The number of amides is 1. The molecule has 0 fully saturated rings. The van der Waals surface area contributed by atoms with Crippen LogP contribution in [0.2, 0.25) is 0 Å². The van der Waals surface area contributed by atoms with Crippen LogP contribution in [0.3, 0.4) is 0 Å². The summed E-state index contributed by atoms with van der Waals surface area (Å²) in [5.41, 5.74) is 2.51. The standard InChI is InChI=1S/C15H20N4O4/c1-8-10(7-11(20)16-6-4-5-12(21)22)9(2)17-14-13(8)15(23)18-19(14)3/h4-7H2,1-3H3,(H,16,20)(H,18,23)(H,21,22). The number of aromatic nitrogens is 3. The van der Waals surface area contributed by atoms with E-state index in [0.717, 1.165) is 11.1 Å². The predicted molar refractivity (Wildman–Crippen MR) is 84.4 cm³/mol. The number of hydrogen-bond acceptors (Lipinski definition) is 4. The lowest BCUT2D eigenvalue weighted by Crippen LogP contribution is -2.27. The minimum absolute atomic E-state index is 0.0191. The van der Waals surface area contributed by atoms with E-state index in [1.165, 1.54) is 0 Å². The van der Waals surface area contributed by atoms with Gasteiger partial charge < -0.3 is 10.4 Å². The van der Waals surface area contributed by atoms with Crippen LogP contribution >= 0.6 is 0 Å². The highest BCUT2D eigenvalue weighted by molar-refractivity contribution is 5.84. The number of carboxylic acids is 1. The van der Waals surface area contributed by atoms with Crippen molar-refractivity contribution in [3.8, 4) is 0 Å². The Balaban J connectivity index is 2.17. The van der Waals surface area contributed by atoms with Crippen LogP contribution in [-0.4, -0.2) is 38.3 Å². The molecule has 0 spiro atoms. The van der Waals surface area contributed by atoms with Crippen LogP contribution in [0.1, 0.15) is 29.7 Å². The van der Waals surface area contributed by atoms with E-state index in [0.29, 0.717) is 29.7 Å². The first-order valence-corrected chi connectivity index (χ1v) is 7.34. The number of aryl methyl sites for hydroxylation is 3. The molecule has 0 atom stereocenters. The maximum absolute atomic E-state index is 12.0. The van der Waals surface area contributed by atoms with Crippen molar-refractivity contribution in [3.05, 3.63) is 27.2 Å². The Morgan fingerprint density at radius 2 is 2.04 bits per heavy atom. The van der Waals surface area contributed by atoms with Crippen LogP contribution < -0.4 is 10.9 Å². The van der Waals surface area contributed by atoms with Crippen LogP contribution in [0, 0.1) is 13.8 Å². The van der Waals surface area contributed by atoms with Crippen LogP contribution in [0.15, 0.2) is 4.79 Å². The number of nitrogens with zero attached hydrogens (tertiary/aromatic N) is 2. The third-order valence-corrected chi connectivity index (χ3v) is 3.80. The van der Waals surface area contributed by atoms with Gasteiger partial charge in [-0.05, 0) is 31.4 Å². The second-order valence-corrected chi connectivity index (χ2v) is 5.52. The quantitative estimate of drug-likeness (QED) is 0.666. The maximum atomic E-state index is 12.0. The minimum atomic E-state index is -0.885. The van der Waals surface area contributed by atoms with Crippen molar-refractivity contribution in [1.82, 2.24) is 20.1 Å². The highest BCUT2D eigenvalue weighted by Crippen LogP contribution is 2.20. The van der Waals surface area contributed by atoms with Gasteiger partial charge in [0.25, 0.3) is 5.56 Å². The summed E-state index contributed by atoms with van der Waals surface area (Å²) < 4.78 is 1.56. The zero-order valence-electron chi connectivity index (χ0n) is 13.4. The molecule has 2 heterocycles. The van der Waals surface area contributed by atoms with Crippen molar-refractivity contribution in [2.24, 2.45) is 7.05 Å². The van der Waals surface area contributed by atoms with Crippen molar-refractivity contribution >= 4 is 22.9 Å². The van der Waals surface area contributed by atoms with Crippen LogP contribution in [0.4, 0.5) is 0 Å². The van der Waals surface area contributed by atoms with Gasteiger partial charge in [-0.3, -0.25) is 24.2 Å². The van der Waals surface area contributed by atoms with E-state index in [9.17, 15) is 14.4 Å². The Morgan fingerprint density at radius 3 is 2.70 bits per heavy atom. The van der Waals surface area contributed by atoms with Crippen LogP contribution in [0.25, 0.3) is 11.0 Å². The molecule has 0 bridgehead atoms. The molecule has 0 saturated carbocycles. The number of hydrogen-bond donors (Lipinski definition) is 3. The molecule has 2 aromatic rings. The summed E-state index contributed by atoms with van der Waals surface area (Å²) in [6, 6.07) is 0. The Morgan fingerprint density at radius 1 is 1.35 bits per heavy atom. The van der Waals surface area contributed by atoms with E-state index < -0.39 is 5.97 Å². The summed E-state index contributed by atoms with van der Waals surface area (Å²) in [5.74, 6) is -1.10. The lowest BCUT2D eigenvalue weighted by atomic mass is 10.0. The van der Waals surface area contributed by atoms with E-state index in [1.807, 2.05) is 0 Å². The van der Waals surface area contributed by atoms with Crippen molar-refractivity contribution in [2.75, 3.05) is 6.54 Å². The third-order valence-electron chi connectivity index (χ3n) is 3.80. The molecule has 0 aliphatic rings. The molecule has 0 aliphatic carbocycles. The summed E-state index contributed by atoms with van der Waals surface area (Å²) in [5, 5.41) is 14.4. The average molecular weight is 320 g/mol. The van der Waals surface area contributed by atoms with Crippen molar-refractivity contribution in [3.63, 3.8) is 0 Å². The molecule has 124 valence electrons. The van der Waals surface area contributed by atoms with Gasteiger partial charge in [-0.2, -0.15) is 0 Å². The monoisotopic (exact) mass is 320 g/mol. The van der Waals surface area contributed by atoms with Gasteiger partial charge in [0.05, 0.1) is 11.8 Å².